The van der Waals surface area contributed by atoms with Crippen LogP contribution in [0.5, 0.6) is 0 Å². The number of amides is 1. The van der Waals surface area contributed by atoms with Crippen LogP contribution in [-0.2, 0) is 10.2 Å². The van der Waals surface area contributed by atoms with E-state index < -0.39 is 0 Å². The fraction of sp³-hybridized carbons (Fsp3) is 0.652. The highest BCUT2D eigenvalue weighted by Crippen LogP contribution is 2.47. The Balaban J connectivity index is 1.25. The summed E-state index contributed by atoms with van der Waals surface area (Å²) in [5, 5.41) is 3.53. The van der Waals surface area contributed by atoms with E-state index >= 15 is 0 Å². The molecule has 7 heteroatoms. The van der Waals surface area contributed by atoms with Crippen LogP contribution in [-0.4, -0.2) is 86.0 Å². The maximum atomic E-state index is 13.6. The van der Waals surface area contributed by atoms with Crippen LogP contribution in [0.3, 0.4) is 0 Å². The Kier molecular flexibility index (Phi) is 6.56. The third-order valence-corrected chi connectivity index (χ3v) is 6.83. The molecule has 1 N–H and O–H groups in total. The molecule has 0 atom stereocenters. The first-order chi connectivity index (χ1) is 14.6. The van der Waals surface area contributed by atoms with Crippen molar-refractivity contribution in [2.24, 2.45) is 4.99 Å². The van der Waals surface area contributed by atoms with Crippen molar-refractivity contribution in [2.75, 3.05) is 59.4 Å². The van der Waals surface area contributed by atoms with Crippen LogP contribution in [0.1, 0.15) is 37.7 Å². The van der Waals surface area contributed by atoms with Gasteiger partial charge < -0.3 is 15.1 Å². The minimum Gasteiger partial charge on any atom is -0.355 e. The summed E-state index contributed by atoms with van der Waals surface area (Å²) in [6, 6.07) is 6.99. The summed E-state index contributed by atoms with van der Waals surface area (Å²) in [5.74, 6) is 1.01. The second-order valence-electron chi connectivity index (χ2n) is 8.90. The zero-order valence-electron chi connectivity index (χ0n) is 18.1. The first-order valence-corrected chi connectivity index (χ1v) is 11.3. The van der Waals surface area contributed by atoms with Crippen LogP contribution in [0.4, 0.5) is 4.39 Å². The monoisotopic (exact) mass is 415 g/mol. The fourth-order valence-corrected chi connectivity index (χ4v) is 4.67. The molecule has 1 saturated carbocycles. The summed E-state index contributed by atoms with van der Waals surface area (Å²) in [6.07, 6.45) is 5.67. The van der Waals surface area contributed by atoms with Crippen molar-refractivity contribution >= 4 is 11.9 Å². The Hall–Kier alpha value is -2.15. The van der Waals surface area contributed by atoms with Crippen molar-refractivity contribution in [3.63, 3.8) is 0 Å². The van der Waals surface area contributed by atoms with Crippen molar-refractivity contribution in [3.05, 3.63) is 35.6 Å². The summed E-state index contributed by atoms with van der Waals surface area (Å²) in [6.45, 7) is 6.61. The van der Waals surface area contributed by atoms with E-state index in [1.165, 1.54) is 12.5 Å². The molecule has 0 spiro atoms. The van der Waals surface area contributed by atoms with Gasteiger partial charge in [-0.25, -0.2) is 4.39 Å². The van der Waals surface area contributed by atoms with Gasteiger partial charge in [-0.3, -0.25) is 14.7 Å². The Labute approximate surface area is 179 Å². The number of hydrogen-bond donors (Lipinski definition) is 1. The number of halogens is 1. The van der Waals surface area contributed by atoms with E-state index in [0.29, 0.717) is 6.54 Å². The smallest absolute Gasteiger partial charge is 0.236 e. The topological polar surface area (TPSA) is 51.2 Å². The number of piperazine rings is 1. The SMILES string of the molecule is CN=C(NCC1(c2cccc(F)c2)CC1)N1CCN(CC(=O)N2CCCCC2)CC1. The molecule has 1 aromatic rings. The first kappa shape index (κ1) is 21.1. The van der Waals surface area contributed by atoms with Crippen LogP contribution in [0.15, 0.2) is 29.3 Å². The predicted molar refractivity (Wildman–Crippen MR) is 117 cm³/mol. The molecule has 0 radical (unpaired) electrons. The highest BCUT2D eigenvalue weighted by Gasteiger charge is 2.44. The maximum Gasteiger partial charge on any atom is 0.236 e. The number of carbonyl (C=O) groups excluding carboxylic acids is 1. The molecular weight excluding hydrogens is 381 g/mol. The summed E-state index contributed by atoms with van der Waals surface area (Å²) in [4.78, 5) is 23.6. The van der Waals surface area contributed by atoms with Crippen molar-refractivity contribution in [2.45, 2.75) is 37.5 Å². The van der Waals surface area contributed by atoms with Crippen LogP contribution in [0.25, 0.3) is 0 Å². The van der Waals surface area contributed by atoms with Gasteiger partial charge in [0.25, 0.3) is 0 Å². The van der Waals surface area contributed by atoms with E-state index in [1.807, 2.05) is 18.0 Å². The van der Waals surface area contributed by atoms with E-state index in [9.17, 15) is 9.18 Å². The number of carbonyl (C=O) groups is 1. The molecule has 4 rings (SSSR count). The second-order valence-corrected chi connectivity index (χ2v) is 8.90. The molecule has 1 amide bonds. The summed E-state index contributed by atoms with van der Waals surface area (Å²) >= 11 is 0. The Morgan fingerprint density at radius 3 is 2.43 bits per heavy atom. The molecule has 2 saturated heterocycles. The molecule has 3 aliphatic rings. The Morgan fingerprint density at radius 1 is 1.07 bits per heavy atom. The van der Waals surface area contributed by atoms with Crippen LogP contribution in [0.2, 0.25) is 0 Å². The number of hydrogen-bond acceptors (Lipinski definition) is 3. The fourth-order valence-electron chi connectivity index (χ4n) is 4.67. The molecule has 1 aromatic carbocycles. The van der Waals surface area contributed by atoms with Crippen molar-refractivity contribution < 1.29 is 9.18 Å². The molecule has 0 bridgehead atoms. The molecule has 164 valence electrons. The zero-order valence-corrected chi connectivity index (χ0v) is 18.1. The molecular formula is C23H34FN5O. The number of likely N-dealkylation sites (tertiary alicyclic amines) is 1. The van der Waals surface area contributed by atoms with E-state index in [0.717, 1.165) is 83.0 Å². The molecule has 0 aromatic heterocycles. The standard InChI is InChI=1S/C23H34FN5O/c1-25-22(26-18-23(8-9-23)19-6-5-7-20(24)16-19)29-14-12-27(13-15-29)17-21(30)28-10-3-2-4-11-28/h5-7,16H,2-4,8-15,17-18H2,1H3,(H,25,26). The summed E-state index contributed by atoms with van der Waals surface area (Å²) < 4.78 is 13.6. The van der Waals surface area contributed by atoms with Gasteiger partial charge in [0.15, 0.2) is 5.96 Å². The minimum absolute atomic E-state index is 0.0285. The number of rotatable bonds is 5. The van der Waals surface area contributed by atoms with Gasteiger partial charge in [0.1, 0.15) is 5.82 Å². The van der Waals surface area contributed by atoms with Crippen molar-refractivity contribution in [3.8, 4) is 0 Å². The van der Waals surface area contributed by atoms with Crippen LogP contribution < -0.4 is 5.32 Å². The number of nitrogens with zero attached hydrogens (tertiary/aromatic N) is 4. The van der Waals surface area contributed by atoms with Crippen molar-refractivity contribution in [1.82, 2.24) is 20.0 Å². The van der Waals surface area contributed by atoms with Gasteiger partial charge in [-0.05, 0) is 49.8 Å². The van der Waals surface area contributed by atoms with E-state index in [1.54, 1.807) is 12.1 Å². The lowest BCUT2D eigenvalue weighted by Crippen LogP contribution is -2.55. The average Bonchev–Trinajstić information content (AvgIpc) is 3.57. The van der Waals surface area contributed by atoms with Crippen LogP contribution in [0, 0.1) is 5.82 Å². The van der Waals surface area contributed by atoms with E-state index in [-0.39, 0.29) is 17.1 Å². The van der Waals surface area contributed by atoms with Gasteiger partial charge in [-0.1, -0.05) is 12.1 Å². The molecule has 2 heterocycles. The van der Waals surface area contributed by atoms with Gasteiger partial charge in [0.05, 0.1) is 6.54 Å². The third kappa shape index (κ3) is 4.94. The molecule has 3 fully saturated rings. The van der Waals surface area contributed by atoms with E-state index in [2.05, 4.69) is 20.1 Å². The molecule has 0 unspecified atom stereocenters. The van der Waals surface area contributed by atoms with E-state index in [4.69, 9.17) is 0 Å². The highest BCUT2D eigenvalue weighted by atomic mass is 19.1. The van der Waals surface area contributed by atoms with Gasteiger partial charge >= 0.3 is 0 Å². The molecule has 30 heavy (non-hydrogen) atoms. The lowest BCUT2D eigenvalue weighted by atomic mass is 9.96. The maximum absolute atomic E-state index is 13.6. The molecule has 6 nitrogen and oxygen atoms in total. The van der Waals surface area contributed by atoms with Crippen LogP contribution >= 0.6 is 0 Å². The van der Waals surface area contributed by atoms with Gasteiger partial charge in [-0.2, -0.15) is 0 Å². The normalized spacial score (nSPS) is 22.1. The Morgan fingerprint density at radius 2 is 1.80 bits per heavy atom. The summed E-state index contributed by atoms with van der Waals surface area (Å²) in [5.41, 5.74) is 1.10. The lowest BCUT2D eigenvalue weighted by Gasteiger charge is -2.37. The largest absolute Gasteiger partial charge is 0.355 e. The van der Waals surface area contributed by atoms with Gasteiger partial charge in [-0.15, -0.1) is 0 Å². The van der Waals surface area contributed by atoms with Gasteiger partial charge in [0, 0.05) is 58.3 Å². The first-order valence-electron chi connectivity index (χ1n) is 11.3. The quantitative estimate of drug-likeness (QED) is 0.591. The zero-order chi connectivity index (χ0) is 21.0. The van der Waals surface area contributed by atoms with Gasteiger partial charge in [0.2, 0.25) is 5.91 Å². The predicted octanol–water partition coefficient (Wildman–Crippen LogP) is 2.06. The number of nitrogens with one attached hydrogen (secondary N) is 1. The number of benzene rings is 1. The molecule has 1 aliphatic carbocycles. The number of aliphatic imine (C=N–C) groups is 1. The number of piperidine rings is 1. The summed E-state index contributed by atoms with van der Waals surface area (Å²) in [7, 11) is 1.82. The Bertz CT molecular complexity index is 765. The second kappa shape index (κ2) is 9.33. The molecule has 2 aliphatic heterocycles. The highest BCUT2D eigenvalue weighted by molar-refractivity contribution is 5.80. The third-order valence-electron chi connectivity index (χ3n) is 6.83. The lowest BCUT2D eigenvalue weighted by molar-refractivity contribution is -0.133. The minimum atomic E-state index is -0.168. The number of guanidine groups is 1. The average molecular weight is 416 g/mol. The van der Waals surface area contributed by atoms with Crippen molar-refractivity contribution in [1.29, 1.82) is 0 Å².